The third-order valence-corrected chi connectivity index (χ3v) is 8.85. The Bertz CT molecular complexity index is 1130. The highest BCUT2D eigenvalue weighted by Gasteiger charge is 2.26. The maximum atomic E-state index is 12.4. The number of rotatable bonds is 9. The minimum absolute atomic E-state index is 0.118. The normalized spacial score (nSPS) is 19.9. The first kappa shape index (κ1) is 36.5. The smallest absolute Gasteiger partial charge is 0.227 e. The number of ketones is 1. The van der Waals surface area contributed by atoms with Crippen molar-refractivity contribution in [1.82, 2.24) is 4.90 Å². The number of ether oxygens (including phenoxy) is 1. The monoisotopic (exact) mass is 594 g/mol. The van der Waals surface area contributed by atoms with Crippen molar-refractivity contribution in [3.63, 3.8) is 0 Å². The molecule has 2 fully saturated rings. The van der Waals surface area contributed by atoms with E-state index in [-0.39, 0.29) is 23.7 Å². The molecule has 1 amide bonds. The second-order valence-electron chi connectivity index (χ2n) is 12.5. The molecule has 1 aliphatic carbocycles. The Balaban J connectivity index is 0.000000264. The molecule has 1 heterocycles. The van der Waals surface area contributed by atoms with Crippen molar-refractivity contribution in [2.75, 3.05) is 25.5 Å². The van der Waals surface area contributed by atoms with E-state index in [0.717, 1.165) is 68.2 Å². The summed E-state index contributed by atoms with van der Waals surface area (Å²) >= 11 is 0. The van der Waals surface area contributed by atoms with Gasteiger partial charge in [-0.1, -0.05) is 51.8 Å². The Labute approximate surface area is 261 Å². The lowest BCUT2D eigenvalue weighted by molar-refractivity contribution is -0.121. The summed E-state index contributed by atoms with van der Waals surface area (Å²) in [6.45, 7) is 17.1. The molecule has 1 unspecified atom stereocenters. The highest BCUT2D eigenvalue weighted by molar-refractivity contribution is 5.92. The Kier molecular flexibility index (Phi) is 16.0. The maximum absolute atomic E-state index is 12.4. The van der Waals surface area contributed by atoms with Crippen molar-refractivity contribution in [2.24, 2.45) is 11.8 Å². The fraction of sp³-hybridized carbons (Fsp3) is 0.622. The molecule has 4 rings (SSSR count). The lowest BCUT2D eigenvalue weighted by Crippen LogP contribution is -2.27. The summed E-state index contributed by atoms with van der Waals surface area (Å²) < 4.78 is 5.30. The number of methoxy groups -OCH3 is 1. The molecule has 0 bridgehead atoms. The second kappa shape index (κ2) is 18.9. The number of nitrogens with zero attached hydrogens (tertiary/aromatic N) is 1. The van der Waals surface area contributed by atoms with Crippen LogP contribution in [0.2, 0.25) is 0 Å². The molecule has 2 aliphatic rings. The minimum Gasteiger partial charge on any atom is -0.496 e. The van der Waals surface area contributed by atoms with Crippen LogP contribution >= 0.6 is 0 Å². The van der Waals surface area contributed by atoms with Crippen LogP contribution in [-0.4, -0.2) is 48.0 Å². The number of hydrogen-bond acceptors (Lipinski definition) is 5. The van der Waals surface area contributed by atoms with Gasteiger partial charge in [-0.05, 0) is 106 Å². The third kappa shape index (κ3) is 12.4. The molecule has 2 aromatic rings. The lowest BCUT2D eigenvalue weighted by Gasteiger charge is -2.27. The summed E-state index contributed by atoms with van der Waals surface area (Å²) in [5.41, 5.74) is 7.58. The Morgan fingerprint density at radius 3 is 2.07 bits per heavy atom. The van der Waals surface area contributed by atoms with Crippen molar-refractivity contribution in [2.45, 2.75) is 119 Å². The minimum atomic E-state index is -0.118. The summed E-state index contributed by atoms with van der Waals surface area (Å²) in [4.78, 5) is 24.5. The van der Waals surface area contributed by atoms with Crippen molar-refractivity contribution < 1.29 is 19.4 Å². The Morgan fingerprint density at radius 2 is 1.58 bits per heavy atom. The molecule has 1 atom stereocenters. The molecule has 0 aromatic heterocycles. The van der Waals surface area contributed by atoms with Crippen molar-refractivity contribution in [3.8, 4) is 5.75 Å². The van der Waals surface area contributed by atoms with Crippen molar-refractivity contribution in [1.29, 1.82) is 0 Å². The van der Waals surface area contributed by atoms with Crippen molar-refractivity contribution in [3.05, 3.63) is 58.1 Å². The number of aliphatic hydroxyl groups excluding tert-OH is 1. The first-order valence-corrected chi connectivity index (χ1v) is 16.4. The fourth-order valence-electron chi connectivity index (χ4n) is 6.21. The lowest BCUT2D eigenvalue weighted by atomic mass is 9.80. The average molecular weight is 595 g/mol. The number of carbonyl (C=O) groups excluding carboxylic acids is 2. The van der Waals surface area contributed by atoms with Crippen LogP contribution in [0.15, 0.2) is 30.3 Å². The molecule has 6 heteroatoms. The number of β-amino-alcohol motifs (C(OH)–C–C–N with tert-alkyl or cyclic N) is 1. The first-order chi connectivity index (χ1) is 20.5. The quantitative estimate of drug-likeness (QED) is 0.308. The highest BCUT2D eigenvalue weighted by atomic mass is 16.5. The number of hydrogen-bond donors (Lipinski definition) is 2. The van der Waals surface area contributed by atoms with Crippen LogP contribution in [0.5, 0.6) is 5.75 Å². The number of benzene rings is 2. The van der Waals surface area contributed by atoms with Gasteiger partial charge in [0.15, 0.2) is 0 Å². The number of likely N-dealkylation sites (tertiary alicyclic amines) is 1. The van der Waals surface area contributed by atoms with E-state index in [1.54, 1.807) is 14.0 Å². The molecule has 1 aliphatic heterocycles. The standard InChI is InChI=1S/C18H27NO2.C15H23NO.C4H8O/c1-4-5-14-7-9-15(10-8-14)18(20)19-16-11-6-13(2)17(12-16)21-3;1-4-15-11(2)7-13(8-12(15)3)9-16-6-5-14(17)10-16;1-3-4(2)5/h6,11-12,14-15H,4-5,7-10H2,1-3H3,(H,19,20);7-8,14,17H,4-6,9-10H2,1-3H3;3H2,1-2H3. The van der Waals surface area contributed by atoms with Gasteiger partial charge < -0.3 is 20.0 Å². The van der Waals surface area contributed by atoms with Gasteiger partial charge >= 0.3 is 0 Å². The van der Waals surface area contributed by atoms with Gasteiger partial charge in [0.2, 0.25) is 5.91 Å². The first-order valence-electron chi connectivity index (χ1n) is 16.4. The Morgan fingerprint density at radius 1 is 0.953 bits per heavy atom. The van der Waals surface area contributed by atoms with E-state index in [9.17, 15) is 14.7 Å². The number of anilines is 1. The van der Waals surface area contributed by atoms with Gasteiger partial charge in [-0.25, -0.2) is 0 Å². The molecule has 0 radical (unpaired) electrons. The molecule has 2 N–H and O–H groups in total. The molecule has 240 valence electrons. The predicted octanol–water partition coefficient (Wildman–Crippen LogP) is 7.97. The molecule has 1 saturated heterocycles. The van der Waals surface area contributed by atoms with E-state index < -0.39 is 0 Å². The Hall–Kier alpha value is -2.70. The summed E-state index contributed by atoms with van der Waals surface area (Å²) in [6.07, 6.45) is 9.59. The summed E-state index contributed by atoms with van der Waals surface area (Å²) in [6, 6.07) is 10.4. The second-order valence-corrected chi connectivity index (χ2v) is 12.5. The summed E-state index contributed by atoms with van der Waals surface area (Å²) in [7, 11) is 1.66. The predicted molar refractivity (Wildman–Crippen MR) is 179 cm³/mol. The van der Waals surface area contributed by atoms with Gasteiger partial charge in [-0.2, -0.15) is 0 Å². The topological polar surface area (TPSA) is 78.9 Å². The number of Topliss-reactive ketones (excluding diaryl/α,β-unsaturated/α-hetero) is 1. The van der Waals surface area contributed by atoms with Crippen LogP contribution in [0.1, 0.15) is 107 Å². The highest BCUT2D eigenvalue weighted by Crippen LogP contribution is 2.32. The molecule has 2 aromatic carbocycles. The van der Waals surface area contributed by atoms with Gasteiger partial charge in [0, 0.05) is 43.7 Å². The maximum Gasteiger partial charge on any atom is 0.227 e. The molecule has 6 nitrogen and oxygen atoms in total. The van der Waals surface area contributed by atoms with Crippen LogP contribution in [0.4, 0.5) is 5.69 Å². The van der Waals surface area contributed by atoms with Gasteiger partial charge in [0.25, 0.3) is 0 Å². The van der Waals surface area contributed by atoms with Crippen LogP contribution < -0.4 is 10.1 Å². The van der Waals surface area contributed by atoms with E-state index >= 15 is 0 Å². The SMILES string of the molecule is CCC(C)=O.CCCC1CCC(C(=O)Nc2ccc(C)c(OC)c2)CC1.CCc1c(C)cc(CN2CCC(O)C2)cc1C. The summed E-state index contributed by atoms with van der Waals surface area (Å²) in [5, 5.41) is 12.6. The zero-order valence-electron chi connectivity index (χ0n) is 28.2. The zero-order valence-corrected chi connectivity index (χ0v) is 28.2. The third-order valence-electron chi connectivity index (χ3n) is 8.85. The number of nitrogens with one attached hydrogen (secondary N) is 1. The van der Waals surface area contributed by atoms with Crippen LogP contribution in [0, 0.1) is 32.6 Å². The molecule has 1 saturated carbocycles. The summed E-state index contributed by atoms with van der Waals surface area (Å²) in [5.74, 6) is 2.24. The van der Waals surface area contributed by atoms with Gasteiger partial charge in [0.1, 0.15) is 11.5 Å². The van der Waals surface area contributed by atoms with Crippen molar-refractivity contribution >= 4 is 17.4 Å². The molecular formula is C37H58N2O4. The number of carbonyl (C=O) groups is 2. The number of amides is 1. The van der Waals surface area contributed by atoms with Gasteiger partial charge in [-0.3, -0.25) is 9.69 Å². The largest absolute Gasteiger partial charge is 0.496 e. The zero-order chi connectivity index (χ0) is 31.9. The number of aliphatic hydroxyl groups is 1. The molecular weight excluding hydrogens is 536 g/mol. The van der Waals surface area contributed by atoms with Crippen LogP contribution in [0.25, 0.3) is 0 Å². The fourth-order valence-corrected chi connectivity index (χ4v) is 6.21. The van der Waals surface area contributed by atoms with Gasteiger partial charge in [-0.15, -0.1) is 0 Å². The molecule has 0 spiro atoms. The average Bonchev–Trinajstić information content (AvgIpc) is 3.39. The van der Waals surface area contributed by atoms with E-state index in [1.807, 2.05) is 32.0 Å². The molecule has 43 heavy (non-hydrogen) atoms. The van der Waals surface area contributed by atoms with E-state index in [1.165, 1.54) is 47.9 Å². The van der Waals surface area contributed by atoms with E-state index in [0.29, 0.717) is 6.42 Å². The van der Waals surface area contributed by atoms with E-state index in [2.05, 4.69) is 50.0 Å². The number of aryl methyl sites for hydroxylation is 3. The van der Waals surface area contributed by atoms with Crippen LogP contribution in [0.3, 0.4) is 0 Å². The van der Waals surface area contributed by atoms with Crippen LogP contribution in [-0.2, 0) is 22.6 Å². The van der Waals surface area contributed by atoms with E-state index in [4.69, 9.17) is 4.74 Å². The van der Waals surface area contributed by atoms with Gasteiger partial charge in [0.05, 0.1) is 13.2 Å².